The van der Waals surface area contributed by atoms with Crippen molar-refractivity contribution in [1.29, 1.82) is 0 Å². The van der Waals surface area contributed by atoms with E-state index < -0.39 is 21.2 Å². The Morgan fingerprint density at radius 3 is 2.30 bits per heavy atom. The summed E-state index contributed by atoms with van der Waals surface area (Å²) in [5.41, 5.74) is -0.308. The fraction of sp³-hybridized carbons (Fsp3) is 0.667. The smallest absolute Gasteiger partial charge is 0.244 e. The van der Waals surface area contributed by atoms with Gasteiger partial charge in [0.2, 0.25) is 10.0 Å². The first kappa shape index (κ1) is 15.6. The molecule has 0 amide bonds. The minimum absolute atomic E-state index is 0.00865. The molecule has 0 spiro atoms. The maximum Gasteiger partial charge on any atom is 0.244 e. The van der Waals surface area contributed by atoms with Crippen LogP contribution in [0.1, 0.15) is 56.9 Å². The molecule has 3 aliphatic rings. The number of benzene rings is 1. The third-order valence-electron chi connectivity index (χ3n) is 6.26. The van der Waals surface area contributed by atoms with Crippen LogP contribution in [-0.4, -0.2) is 35.0 Å². The second-order valence-electron chi connectivity index (χ2n) is 7.54. The van der Waals surface area contributed by atoms with E-state index in [1.807, 2.05) is 19.1 Å². The van der Waals surface area contributed by atoms with Crippen LogP contribution in [0.25, 0.3) is 0 Å². The standard InChI is InChI=1S/C18H25NO3S/c1-14-7-9-15(10-8-14)23(21,22)19-16-6-2-3-13-18(16,19)17(20)11-4-5-12-17/h7-10,16,20H,2-6,11-13H2,1H3/t16-,18+,19?/m0/s1. The van der Waals surface area contributed by atoms with Gasteiger partial charge in [-0.25, -0.2) is 8.42 Å². The summed E-state index contributed by atoms with van der Waals surface area (Å²) in [7, 11) is -3.53. The van der Waals surface area contributed by atoms with Gasteiger partial charge in [-0.3, -0.25) is 0 Å². The maximum absolute atomic E-state index is 13.2. The monoisotopic (exact) mass is 335 g/mol. The molecule has 0 aromatic heterocycles. The number of hydrogen-bond donors (Lipinski definition) is 1. The molecule has 5 heteroatoms. The highest BCUT2D eigenvalue weighted by Crippen LogP contribution is 2.63. The van der Waals surface area contributed by atoms with Crippen molar-refractivity contribution < 1.29 is 13.5 Å². The molecule has 23 heavy (non-hydrogen) atoms. The summed E-state index contributed by atoms with van der Waals surface area (Å²) in [5.74, 6) is 0. The van der Waals surface area contributed by atoms with E-state index in [0.717, 1.165) is 56.9 Å². The van der Waals surface area contributed by atoms with Crippen LogP contribution in [0, 0.1) is 6.92 Å². The van der Waals surface area contributed by atoms with Gasteiger partial charge in [0.25, 0.3) is 0 Å². The Balaban J connectivity index is 1.75. The van der Waals surface area contributed by atoms with E-state index in [9.17, 15) is 13.5 Å². The second kappa shape index (κ2) is 5.04. The predicted octanol–water partition coefficient (Wildman–Crippen LogP) is 2.99. The topological polar surface area (TPSA) is 57.4 Å². The Labute approximate surface area is 138 Å². The summed E-state index contributed by atoms with van der Waals surface area (Å²) in [6.07, 6.45) is 7.24. The molecular formula is C18H25NO3S. The lowest BCUT2D eigenvalue weighted by molar-refractivity contribution is -0.0119. The van der Waals surface area contributed by atoms with Crippen molar-refractivity contribution in [1.82, 2.24) is 4.31 Å². The number of aliphatic hydroxyl groups is 1. The number of hydrogen-bond acceptors (Lipinski definition) is 3. The van der Waals surface area contributed by atoms with E-state index in [4.69, 9.17) is 0 Å². The summed E-state index contributed by atoms with van der Waals surface area (Å²) >= 11 is 0. The van der Waals surface area contributed by atoms with Gasteiger partial charge in [-0.1, -0.05) is 43.4 Å². The molecule has 3 atom stereocenters. The lowest BCUT2D eigenvalue weighted by Gasteiger charge is -2.35. The summed E-state index contributed by atoms with van der Waals surface area (Å²) in [5, 5.41) is 11.2. The molecule has 1 unspecified atom stereocenters. The molecule has 0 radical (unpaired) electrons. The van der Waals surface area contributed by atoms with Crippen LogP contribution < -0.4 is 0 Å². The molecule has 1 aromatic carbocycles. The quantitative estimate of drug-likeness (QED) is 0.864. The maximum atomic E-state index is 13.2. The molecule has 2 saturated carbocycles. The first-order valence-corrected chi connectivity index (χ1v) is 10.2. The van der Waals surface area contributed by atoms with Crippen molar-refractivity contribution in [3.63, 3.8) is 0 Å². The third-order valence-corrected chi connectivity index (χ3v) is 8.23. The molecule has 0 bridgehead atoms. The normalized spacial score (nSPS) is 35.7. The van der Waals surface area contributed by atoms with E-state index >= 15 is 0 Å². The van der Waals surface area contributed by atoms with Crippen molar-refractivity contribution in [3.8, 4) is 0 Å². The molecule has 1 heterocycles. The lowest BCUT2D eigenvalue weighted by Crippen LogP contribution is -2.48. The molecule has 4 rings (SSSR count). The van der Waals surface area contributed by atoms with Crippen LogP contribution in [0.2, 0.25) is 0 Å². The van der Waals surface area contributed by atoms with Crippen molar-refractivity contribution in [2.24, 2.45) is 0 Å². The minimum atomic E-state index is -3.53. The van der Waals surface area contributed by atoms with Gasteiger partial charge in [0.15, 0.2) is 0 Å². The van der Waals surface area contributed by atoms with Gasteiger partial charge in [-0.2, -0.15) is 4.31 Å². The van der Waals surface area contributed by atoms with Gasteiger partial charge >= 0.3 is 0 Å². The predicted molar refractivity (Wildman–Crippen MR) is 88.6 cm³/mol. The molecule has 1 aliphatic heterocycles. The van der Waals surface area contributed by atoms with Crippen LogP contribution in [0.15, 0.2) is 29.2 Å². The van der Waals surface area contributed by atoms with E-state index in [2.05, 4.69) is 0 Å². The molecule has 1 saturated heterocycles. The number of nitrogens with zero attached hydrogens (tertiary/aromatic N) is 1. The Hall–Kier alpha value is -0.910. The average Bonchev–Trinajstić information content (AvgIpc) is 3.07. The van der Waals surface area contributed by atoms with Gasteiger partial charge in [0.05, 0.1) is 16.0 Å². The van der Waals surface area contributed by atoms with Crippen LogP contribution in [0.3, 0.4) is 0 Å². The number of sulfonamides is 1. The zero-order chi connectivity index (χ0) is 16.3. The first-order chi connectivity index (χ1) is 10.9. The minimum Gasteiger partial charge on any atom is -0.388 e. The fourth-order valence-corrected chi connectivity index (χ4v) is 7.16. The zero-order valence-corrected chi connectivity index (χ0v) is 14.5. The van der Waals surface area contributed by atoms with Crippen LogP contribution in [-0.2, 0) is 10.0 Å². The Kier molecular flexibility index (Phi) is 3.42. The molecule has 4 nitrogen and oxygen atoms in total. The Bertz CT molecular complexity index is 706. The van der Waals surface area contributed by atoms with E-state index in [0.29, 0.717) is 4.90 Å². The number of fused-ring (bicyclic) bond motifs is 1. The highest BCUT2D eigenvalue weighted by atomic mass is 32.2. The van der Waals surface area contributed by atoms with Crippen molar-refractivity contribution >= 4 is 10.0 Å². The average molecular weight is 335 g/mol. The van der Waals surface area contributed by atoms with E-state index in [-0.39, 0.29) is 6.04 Å². The Morgan fingerprint density at radius 1 is 1.04 bits per heavy atom. The molecule has 1 N–H and O–H groups in total. The summed E-state index contributed by atoms with van der Waals surface area (Å²) in [6, 6.07) is 7.07. The van der Waals surface area contributed by atoms with Gasteiger partial charge in [-0.05, 0) is 44.7 Å². The summed E-state index contributed by atoms with van der Waals surface area (Å²) in [4.78, 5) is 0.360. The largest absolute Gasteiger partial charge is 0.388 e. The van der Waals surface area contributed by atoms with Gasteiger partial charge in [0.1, 0.15) is 0 Å². The first-order valence-electron chi connectivity index (χ1n) is 8.75. The Morgan fingerprint density at radius 2 is 1.65 bits per heavy atom. The van der Waals surface area contributed by atoms with E-state index in [1.165, 1.54) is 0 Å². The van der Waals surface area contributed by atoms with Crippen molar-refractivity contribution in [2.75, 3.05) is 0 Å². The van der Waals surface area contributed by atoms with Crippen LogP contribution in [0.5, 0.6) is 0 Å². The molecular weight excluding hydrogens is 310 g/mol. The molecule has 3 fully saturated rings. The summed E-state index contributed by atoms with van der Waals surface area (Å²) < 4.78 is 28.1. The van der Waals surface area contributed by atoms with E-state index in [1.54, 1.807) is 16.4 Å². The van der Waals surface area contributed by atoms with Crippen LogP contribution in [0.4, 0.5) is 0 Å². The number of aryl methyl sites for hydroxylation is 1. The van der Waals surface area contributed by atoms with Crippen LogP contribution >= 0.6 is 0 Å². The van der Waals surface area contributed by atoms with Gasteiger partial charge in [0, 0.05) is 6.04 Å². The van der Waals surface area contributed by atoms with Gasteiger partial charge < -0.3 is 5.11 Å². The second-order valence-corrected chi connectivity index (χ2v) is 9.35. The zero-order valence-electron chi connectivity index (χ0n) is 13.7. The molecule has 2 aliphatic carbocycles. The molecule has 126 valence electrons. The molecule has 1 aromatic rings. The van der Waals surface area contributed by atoms with Gasteiger partial charge in [-0.15, -0.1) is 0 Å². The fourth-order valence-electron chi connectivity index (χ4n) is 5.08. The third kappa shape index (κ3) is 2.06. The lowest BCUT2D eigenvalue weighted by atomic mass is 9.75. The highest BCUT2D eigenvalue weighted by molar-refractivity contribution is 7.89. The number of rotatable bonds is 3. The van der Waals surface area contributed by atoms with Crippen molar-refractivity contribution in [3.05, 3.63) is 29.8 Å². The summed E-state index contributed by atoms with van der Waals surface area (Å²) in [6.45, 7) is 1.95. The SMILES string of the molecule is Cc1ccc(S(=O)(=O)N2[C@H]3CCCC[C@]32C2(O)CCCC2)cc1. The highest BCUT2D eigenvalue weighted by Gasteiger charge is 2.76. The van der Waals surface area contributed by atoms with Crippen molar-refractivity contribution in [2.45, 2.75) is 80.4 Å².